The van der Waals surface area contributed by atoms with Crippen LogP contribution in [0.5, 0.6) is 0 Å². The lowest BCUT2D eigenvalue weighted by molar-refractivity contribution is 0.628. The van der Waals surface area contributed by atoms with Crippen molar-refractivity contribution in [3.05, 3.63) is 83.9 Å². The first-order chi connectivity index (χ1) is 12.2. The first-order valence-corrected chi connectivity index (χ1v) is 8.11. The van der Waals surface area contributed by atoms with E-state index in [1.807, 2.05) is 36.4 Å². The summed E-state index contributed by atoms with van der Waals surface area (Å²) in [6.07, 6.45) is 3.45. The first-order valence-electron chi connectivity index (χ1n) is 7.73. The lowest BCUT2D eigenvalue weighted by Gasteiger charge is -2.02. The van der Waals surface area contributed by atoms with Gasteiger partial charge in [0.25, 0.3) is 0 Å². The van der Waals surface area contributed by atoms with E-state index in [9.17, 15) is 4.39 Å². The number of H-pyrrole nitrogens is 1. The summed E-state index contributed by atoms with van der Waals surface area (Å²) >= 11 is 6.10. The standard InChI is InChI=1S/C20H13ClFN3/c21-16-3-1-2-15(12-16)20-24-18(13-4-6-17(22)7-5-13)19(25-20)14-8-10-23-11-9-14/h1-12H,(H,24,25). The number of nitrogens with zero attached hydrogens (tertiary/aromatic N) is 2. The van der Waals surface area contributed by atoms with Gasteiger partial charge in [0.2, 0.25) is 0 Å². The molecule has 2 aromatic heterocycles. The van der Waals surface area contributed by atoms with Gasteiger partial charge >= 0.3 is 0 Å². The molecular formula is C20H13ClFN3. The van der Waals surface area contributed by atoms with E-state index in [1.54, 1.807) is 24.5 Å². The predicted octanol–water partition coefficient (Wildman–Crippen LogP) is 5.60. The number of rotatable bonds is 3. The van der Waals surface area contributed by atoms with Gasteiger partial charge in [-0.3, -0.25) is 4.98 Å². The van der Waals surface area contributed by atoms with Crippen molar-refractivity contribution in [1.29, 1.82) is 0 Å². The van der Waals surface area contributed by atoms with E-state index in [4.69, 9.17) is 16.6 Å². The van der Waals surface area contributed by atoms with E-state index >= 15 is 0 Å². The Hall–Kier alpha value is -2.98. The minimum atomic E-state index is -0.278. The Bertz CT molecular complexity index is 1010. The number of imidazole rings is 1. The van der Waals surface area contributed by atoms with Crippen LogP contribution in [-0.4, -0.2) is 15.0 Å². The van der Waals surface area contributed by atoms with E-state index in [1.165, 1.54) is 12.1 Å². The topological polar surface area (TPSA) is 41.6 Å². The van der Waals surface area contributed by atoms with Crippen LogP contribution in [0, 0.1) is 5.82 Å². The molecule has 4 aromatic rings. The second-order valence-electron chi connectivity index (χ2n) is 5.56. The van der Waals surface area contributed by atoms with E-state index in [0.29, 0.717) is 10.8 Å². The molecule has 2 aromatic carbocycles. The molecule has 0 saturated carbocycles. The van der Waals surface area contributed by atoms with Crippen LogP contribution in [-0.2, 0) is 0 Å². The Morgan fingerprint density at radius 1 is 0.840 bits per heavy atom. The van der Waals surface area contributed by atoms with Crippen LogP contribution >= 0.6 is 11.6 Å². The molecule has 25 heavy (non-hydrogen) atoms. The number of nitrogens with one attached hydrogen (secondary N) is 1. The Morgan fingerprint density at radius 3 is 2.32 bits per heavy atom. The second-order valence-corrected chi connectivity index (χ2v) is 6.00. The Labute approximate surface area is 149 Å². The molecule has 0 unspecified atom stereocenters. The summed E-state index contributed by atoms with van der Waals surface area (Å²) in [5.74, 6) is 0.424. The van der Waals surface area contributed by atoms with Gasteiger partial charge in [0.15, 0.2) is 0 Å². The zero-order valence-corrected chi connectivity index (χ0v) is 13.8. The summed E-state index contributed by atoms with van der Waals surface area (Å²) in [7, 11) is 0. The van der Waals surface area contributed by atoms with E-state index in [-0.39, 0.29) is 5.82 Å². The molecule has 0 aliphatic carbocycles. The molecule has 0 saturated heterocycles. The van der Waals surface area contributed by atoms with Gasteiger partial charge in [-0.05, 0) is 48.5 Å². The summed E-state index contributed by atoms with van der Waals surface area (Å²) < 4.78 is 13.3. The van der Waals surface area contributed by atoms with Gasteiger partial charge in [-0.2, -0.15) is 0 Å². The molecular weight excluding hydrogens is 337 g/mol. The molecule has 2 heterocycles. The van der Waals surface area contributed by atoms with Crippen LogP contribution in [0.2, 0.25) is 5.02 Å². The van der Waals surface area contributed by atoms with Gasteiger partial charge < -0.3 is 4.98 Å². The number of hydrogen-bond acceptors (Lipinski definition) is 2. The number of halogens is 2. The Kier molecular flexibility index (Phi) is 4.04. The molecule has 0 amide bonds. The van der Waals surface area contributed by atoms with Crippen LogP contribution in [0.3, 0.4) is 0 Å². The van der Waals surface area contributed by atoms with Gasteiger partial charge in [0, 0.05) is 34.1 Å². The highest BCUT2D eigenvalue weighted by molar-refractivity contribution is 6.30. The van der Waals surface area contributed by atoms with Crippen LogP contribution < -0.4 is 0 Å². The molecule has 0 radical (unpaired) electrons. The summed E-state index contributed by atoms with van der Waals surface area (Å²) in [6, 6.07) is 17.6. The molecule has 3 nitrogen and oxygen atoms in total. The van der Waals surface area contributed by atoms with Crippen molar-refractivity contribution in [1.82, 2.24) is 15.0 Å². The molecule has 0 atom stereocenters. The van der Waals surface area contributed by atoms with Gasteiger partial charge in [-0.1, -0.05) is 23.7 Å². The summed E-state index contributed by atoms with van der Waals surface area (Å²) in [5.41, 5.74) is 4.27. The van der Waals surface area contributed by atoms with Crippen LogP contribution in [0.4, 0.5) is 4.39 Å². The molecule has 122 valence electrons. The van der Waals surface area contributed by atoms with Gasteiger partial charge in [-0.15, -0.1) is 0 Å². The lowest BCUT2D eigenvalue weighted by Crippen LogP contribution is -1.84. The fourth-order valence-electron chi connectivity index (χ4n) is 2.69. The highest BCUT2D eigenvalue weighted by Crippen LogP contribution is 2.33. The molecule has 0 fully saturated rings. The smallest absolute Gasteiger partial charge is 0.138 e. The summed E-state index contributed by atoms with van der Waals surface area (Å²) in [4.78, 5) is 12.2. The average molecular weight is 350 g/mol. The van der Waals surface area contributed by atoms with Gasteiger partial charge in [0.1, 0.15) is 11.6 Å². The van der Waals surface area contributed by atoms with E-state index in [2.05, 4.69) is 9.97 Å². The molecule has 0 bridgehead atoms. The number of aromatic amines is 1. The molecule has 1 N–H and O–H groups in total. The maximum absolute atomic E-state index is 13.3. The fourth-order valence-corrected chi connectivity index (χ4v) is 2.88. The molecule has 0 aliphatic rings. The van der Waals surface area contributed by atoms with Gasteiger partial charge in [-0.25, -0.2) is 9.37 Å². The van der Waals surface area contributed by atoms with Gasteiger partial charge in [0.05, 0.1) is 11.4 Å². The number of pyridine rings is 1. The molecule has 4 rings (SSSR count). The lowest BCUT2D eigenvalue weighted by atomic mass is 10.1. The quantitative estimate of drug-likeness (QED) is 0.523. The van der Waals surface area contributed by atoms with Crippen molar-refractivity contribution >= 4 is 11.6 Å². The van der Waals surface area contributed by atoms with Crippen molar-refractivity contribution in [2.75, 3.05) is 0 Å². The SMILES string of the molecule is Fc1ccc(-c2nc(-c3cccc(Cl)c3)[nH]c2-c2ccncc2)cc1. The van der Waals surface area contributed by atoms with Crippen molar-refractivity contribution in [2.24, 2.45) is 0 Å². The zero-order chi connectivity index (χ0) is 17.2. The van der Waals surface area contributed by atoms with Crippen molar-refractivity contribution in [3.63, 3.8) is 0 Å². The number of aromatic nitrogens is 3. The zero-order valence-electron chi connectivity index (χ0n) is 13.1. The largest absolute Gasteiger partial charge is 0.337 e. The Balaban J connectivity index is 1.90. The minimum absolute atomic E-state index is 0.278. The molecule has 5 heteroatoms. The summed E-state index contributed by atoms with van der Waals surface area (Å²) in [5, 5.41) is 0.641. The normalized spacial score (nSPS) is 10.8. The van der Waals surface area contributed by atoms with Crippen LogP contribution in [0.15, 0.2) is 73.1 Å². The Morgan fingerprint density at radius 2 is 1.60 bits per heavy atom. The number of benzene rings is 2. The maximum Gasteiger partial charge on any atom is 0.138 e. The third kappa shape index (κ3) is 3.16. The molecule has 0 aliphatic heterocycles. The summed E-state index contributed by atoms with van der Waals surface area (Å²) in [6.45, 7) is 0. The predicted molar refractivity (Wildman–Crippen MR) is 97.7 cm³/mol. The van der Waals surface area contributed by atoms with Crippen LogP contribution in [0.1, 0.15) is 0 Å². The van der Waals surface area contributed by atoms with E-state index in [0.717, 1.165) is 28.1 Å². The highest BCUT2D eigenvalue weighted by atomic mass is 35.5. The van der Waals surface area contributed by atoms with Crippen molar-refractivity contribution < 1.29 is 4.39 Å². The monoisotopic (exact) mass is 349 g/mol. The molecule has 0 spiro atoms. The van der Waals surface area contributed by atoms with Crippen LogP contribution in [0.25, 0.3) is 33.9 Å². The third-order valence-electron chi connectivity index (χ3n) is 3.89. The minimum Gasteiger partial charge on any atom is -0.337 e. The van der Waals surface area contributed by atoms with E-state index < -0.39 is 0 Å². The fraction of sp³-hybridized carbons (Fsp3) is 0. The van der Waals surface area contributed by atoms with Crippen molar-refractivity contribution in [3.8, 4) is 33.9 Å². The van der Waals surface area contributed by atoms with Crippen molar-refractivity contribution in [2.45, 2.75) is 0 Å². The average Bonchev–Trinajstić information content (AvgIpc) is 3.08. The second kappa shape index (κ2) is 6.49. The highest BCUT2D eigenvalue weighted by Gasteiger charge is 2.15. The number of hydrogen-bond donors (Lipinski definition) is 1. The maximum atomic E-state index is 13.3. The first kappa shape index (κ1) is 15.5. The third-order valence-corrected chi connectivity index (χ3v) is 4.12.